The van der Waals surface area contributed by atoms with Gasteiger partial charge < -0.3 is 0 Å². The molecular formula is C14H14Cl2N2O. The van der Waals surface area contributed by atoms with E-state index in [0.29, 0.717) is 15.6 Å². The number of Topliss-reactive ketones (excluding diaryl/α,β-unsaturated/α-hetero) is 1. The molecule has 0 radical (unpaired) electrons. The van der Waals surface area contributed by atoms with Crippen LogP contribution in [0, 0.1) is 6.92 Å². The van der Waals surface area contributed by atoms with E-state index in [1.807, 2.05) is 24.6 Å². The highest BCUT2D eigenvalue weighted by molar-refractivity contribution is 6.36. The molecule has 0 fully saturated rings. The average molecular weight is 297 g/mol. The lowest BCUT2D eigenvalue weighted by atomic mass is 10.1. The first-order chi connectivity index (χ1) is 9.01. The summed E-state index contributed by atoms with van der Waals surface area (Å²) in [6.07, 6.45) is 0.288. The van der Waals surface area contributed by atoms with Crippen molar-refractivity contribution >= 4 is 29.0 Å². The molecule has 2 aromatic rings. The highest BCUT2D eigenvalue weighted by atomic mass is 35.5. The van der Waals surface area contributed by atoms with Crippen molar-refractivity contribution in [2.75, 3.05) is 0 Å². The van der Waals surface area contributed by atoms with Crippen LogP contribution in [0.4, 0.5) is 0 Å². The van der Waals surface area contributed by atoms with E-state index in [1.54, 1.807) is 18.2 Å². The van der Waals surface area contributed by atoms with Crippen molar-refractivity contribution < 1.29 is 4.79 Å². The van der Waals surface area contributed by atoms with Crippen LogP contribution >= 0.6 is 23.2 Å². The Labute approximate surface area is 122 Å². The smallest absolute Gasteiger partial charge is 0.170 e. The Morgan fingerprint density at radius 1 is 1.32 bits per heavy atom. The number of hydrogen-bond donors (Lipinski definition) is 0. The van der Waals surface area contributed by atoms with E-state index in [4.69, 9.17) is 23.2 Å². The first kappa shape index (κ1) is 14.1. The lowest BCUT2D eigenvalue weighted by molar-refractivity contribution is 0.0990. The minimum Gasteiger partial charge on any atom is -0.294 e. The molecule has 0 amide bonds. The second-order valence-corrected chi connectivity index (χ2v) is 5.16. The van der Waals surface area contributed by atoms with E-state index in [1.165, 1.54) is 0 Å². The SMILES string of the molecule is CCn1nc(C)cc1CC(=O)c1ccc(Cl)cc1Cl. The van der Waals surface area contributed by atoms with Crippen LogP contribution in [0.25, 0.3) is 0 Å². The Morgan fingerprint density at radius 3 is 2.68 bits per heavy atom. The zero-order valence-corrected chi connectivity index (χ0v) is 12.3. The number of rotatable bonds is 4. The van der Waals surface area contributed by atoms with Gasteiger partial charge in [0.1, 0.15) is 0 Å². The summed E-state index contributed by atoms with van der Waals surface area (Å²) in [6, 6.07) is 6.83. The first-order valence-electron chi connectivity index (χ1n) is 6.03. The fourth-order valence-corrected chi connectivity index (χ4v) is 2.50. The van der Waals surface area contributed by atoms with Crippen molar-refractivity contribution in [1.29, 1.82) is 0 Å². The Morgan fingerprint density at radius 2 is 2.05 bits per heavy atom. The quantitative estimate of drug-likeness (QED) is 0.801. The van der Waals surface area contributed by atoms with Gasteiger partial charge in [0.25, 0.3) is 0 Å². The van der Waals surface area contributed by atoms with Crippen molar-refractivity contribution in [1.82, 2.24) is 9.78 Å². The maximum absolute atomic E-state index is 12.3. The molecule has 0 unspecified atom stereocenters. The van der Waals surface area contributed by atoms with E-state index in [0.717, 1.165) is 17.9 Å². The standard InChI is InChI=1S/C14H14Cl2N2O/c1-3-18-11(6-9(2)17-18)8-14(19)12-5-4-10(15)7-13(12)16/h4-7H,3,8H2,1-2H3. The van der Waals surface area contributed by atoms with Crippen LogP contribution in [0.15, 0.2) is 24.3 Å². The highest BCUT2D eigenvalue weighted by Gasteiger charge is 2.14. The topological polar surface area (TPSA) is 34.9 Å². The number of aryl methyl sites for hydroxylation is 2. The van der Waals surface area contributed by atoms with Crippen LogP contribution in [-0.2, 0) is 13.0 Å². The lowest BCUT2D eigenvalue weighted by Gasteiger charge is -2.06. The average Bonchev–Trinajstić information content (AvgIpc) is 2.69. The Balaban J connectivity index is 2.25. The maximum atomic E-state index is 12.3. The monoisotopic (exact) mass is 296 g/mol. The highest BCUT2D eigenvalue weighted by Crippen LogP contribution is 2.22. The van der Waals surface area contributed by atoms with Gasteiger partial charge in [-0.25, -0.2) is 0 Å². The van der Waals surface area contributed by atoms with Gasteiger partial charge in [0.2, 0.25) is 0 Å². The minimum atomic E-state index is -0.0312. The Hall–Kier alpha value is -1.32. The summed E-state index contributed by atoms with van der Waals surface area (Å²) in [6.45, 7) is 4.65. The van der Waals surface area contributed by atoms with Gasteiger partial charge in [-0.05, 0) is 38.1 Å². The Kier molecular flexibility index (Phi) is 4.27. The van der Waals surface area contributed by atoms with Gasteiger partial charge in [-0.1, -0.05) is 23.2 Å². The van der Waals surface area contributed by atoms with Crippen LogP contribution in [0.3, 0.4) is 0 Å². The van der Waals surface area contributed by atoms with Crippen LogP contribution in [-0.4, -0.2) is 15.6 Å². The van der Waals surface area contributed by atoms with Gasteiger partial charge in [-0.15, -0.1) is 0 Å². The summed E-state index contributed by atoms with van der Waals surface area (Å²) in [4.78, 5) is 12.3. The lowest BCUT2D eigenvalue weighted by Crippen LogP contribution is -2.10. The number of carbonyl (C=O) groups excluding carboxylic acids is 1. The number of halogens is 2. The molecule has 1 aromatic heterocycles. The predicted molar refractivity (Wildman–Crippen MR) is 77.1 cm³/mol. The second kappa shape index (κ2) is 5.76. The summed E-state index contributed by atoms with van der Waals surface area (Å²) in [5.74, 6) is -0.0312. The second-order valence-electron chi connectivity index (χ2n) is 4.32. The van der Waals surface area contributed by atoms with Gasteiger partial charge in [0, 0.05) is 22.8 Å². The normalized spacial score (nSPS) is 10.7. The zero-order valence-electron chi connectivity index (χ0n) is 10.8. The molecule has 2 rings (SSSR count). The molecule has 1 heterocycles. The van der Waals surface area contributed by atoms with Gasteiger partial charge in [-0.2, -0.15) is 5.10 Å². The largest absolute Gasteiger partial charge is 0.294 e. The molecule has 19 heavy (non-hydrogen) atoms. The van der Waals surface area contributed by atoms with Crippen molar-refractivity contribution in [3.8, 4) is 0 Å². The molecule has 100 valence electrons. The molecule has 5 heteroatoms. The fourth-order valence-electron chi connectivity index (χ4n) is 1.99. The fraction of sp³-hybridized carbons (Fsp3) is 0.286. The van der Waals surface area contributed by atoms with E-state index in [2.05, 4.69) is 5.10 Å². The summed E-state index contributed by atoms with van der Waals surface area (Å²) >= 11 is 11.9. The molecule has 0 bridgehead atoms. The molecular weight excluding hydrogens is 283 g/mol. The molecule has 0 atom stereocenters. The molecule has 0 aliphatic heterocycles. The van der Waals surface area contributed by atoms with E-state index in [9.17, 15) is 4.79 Å². The maximum Gasteiger partial charge on any atom is 0.170 e. The molecule has 0 saturated carbocycles. The minimum absolute atomic E-state index is 0.0312. The number of benzene rings is 1. The van der Waals surface area contributed by atoms with Gasteiger partial charge in [0.15, 0.2) is 5.78 Å². The number of aromatic nitrogens is 2. The van der Waals surface area contributed by atoms with Crippen LogP contribution < -0.4 is 0 Å². The Bertz CT molecular complexity index is 620. The van der Waals surface area contributed by atoms with E-state index < -0.39 is 0 Å². The zero-order chi connectivity index (χ0) is 14.0. The number of nitrogens with zero attached hydrogens (tertiary/aromatic N) is 2. The van der Waals surface area contributed by atoms with Crippen LogP contribution in [0.1, 0.15) is 28.7 Å². The van der Waals surface area contributed by atoms with Crippen LogP contribution in [0.5, 0.6) is 0 Å². The predicted octanol–water partition coefficient (Wildman–Crippen LogP) is 3.94. The summed E-state index contributed by atoms with van der Waals surface area (Å²) in [5.41, 5.74) is 2.30. The molecule has 3 nitrogen and oxygen atoms in total. The third-order valence-corrected chi connectivity index (χ3v) is 3.41. The summed E-state index contributed by atoms with van der Waals surface area (Å²) in [5, 5.41) is 5.23. The molecule has 0 aliphatic carbocycles. The summed E-state index contributed by atoms with van der Waals surface area (Å²) in [7, 11) is 0. The summed E-state index contributed by atoms with van der Waals surface area (Å²) < 4.78 is 1.83. The van der Waals surface area contributed by atoms with Gasteiger partial charge >= 0.3 is 0 Å². The van der Waals surface area contributed by atoms with Gasteiger partial charge in [0.05, 0.1) is 17.1 Å². The third kappa shape index (κ3) is 3.17. The molecule has 0 spiro atoms. The van der Waals surface area contributed by atoms with Crippen molar-refractivity contribution in [3.05, 3.63) is 51.3 Å². The van der Waals surface area contributed by atoms with E-state index >= 15 is 0 Å². The first-order valence-corrected chi connectivity index (χ1v) is 6.78. The van der Waals surface area contributed by atoms with Gasteiger partial charge in [-0.3, -0.25) is 9.48 Å². The molecule has 1 aromatic carbocycles. The number of hydrogen-bond acceptors (Lipinski definition) is 2. The third-order valence-electron chi connectivity index (χ3n) is 2.86. The van der Waals surface area contributed by atoms with Crippen molar-refractivity contribution in [2.45, 2.75) is 26.8 Å². The molecule has 0 saturated heterocycles. The molecule has 0 aliphatic rings. The number of ketones is 1. The number of carbonyl (C=O) groups is 1. The van der Waals surface area contributed by atoms with Crippen molar-refractivity contribution in [3.63, 3.8) is 0 Å². The molecule has 0 N–H and O–H groups in total. The van der Waals surface area contributed by atoms with E-state index in [-0.39, 0.29) is 12.2 Å². The van der Waals surface area contributed by atoms with Crippen molar-refractivity contribution in [2.24, 2.45) is 0 Å². The van der Waals surface area contributed by atoms with Crippen LogP contribution in [0.2, 0.25) is 10.0 Å².